The molecule has 0 aliphatic rings. The van der Waals surface area contributed by atoms with E-state index < -0.39 is 0 Å². The van der Waals surface area contributed by atoms with Crippen LogP contribution in [0.15, 0.2) is 54.6 Å². The zero-order valence-electron chi connectivity index (χ0n) is 10.2. The molecule has 1 amide bonds. The summed E-state index contributed by atoms with van der Waals surface area (Å²) in [5.41, 5.74) is 0.496. The van der Waals surface area contributed by atoms with Gasteiger partial charge in [0.05, 0.1) is 6.07 Å². The first kappa shape index (κ1) is 12.7. The fourth-order valence-electron chi connectivity index (χ4n) is 1.52. The van der Waals surface area contributed by atoms with Crippen LogP contribution in [0.2, 0.25) is 0 Å². The number of carbonyl (C=O) groups excluding carboxylic acids is 1. The minimum atomic E-state index is -0.271. The summed E-state index contributed by atoms with van der Waals surface area (Å²) in [4.78, 5) is 11.6. The van der Waals surface area contributed by atoms with Crippen LogP contribution in [0.25, 0.3) is 0 Å². The van der Waals surface area contributed by atoms with Gasteiger partial charge in [-0.3, -0.25) is 4.79 Å². The summed E-state index contributed by atoms with van der Waals surface area (Å²) in [5, 5.41) is 10.9. The van der Waals surface area contributed by atoms with Crippen molar-refractivity contribution >= 4 is 5.91 Å². The summed E-state index contributed by atoms with van der Waals surface area (Å²) >= 11 is 0. The van der Waals surface area contributed by atoms with Crippen molar-refractivity contribution < 1.29 is 9.53 Å². The summed E-state index contributed by atoms with van der Waals surface area (Å²) in [6.45, 7) is 0.00109. The Morgan fingerprint density at radius 2 is 1.68 bits per heavy atom. The van der Waals surface area contributed by atoms with Gasteiger partial charge in [0.2, 0.25) is 0 Å². The second-order valence-corrected chi connectivity index (χ2v) is 3.78. The third kappa shape index (κ3) is 3.58. The zero-order valence-corrected chi connectivity index (χ0v) is 10.2. The summed E-state index contributed by atoms with van der Waals surface area (Å²) in [6.07, 6.45) is 0. The van der Waals surface area contributed by atoms with Gasteiger partial charge in [-0.2, -0.15) is 5.26 Å². The predicted molar refractivity (Wildman–Crippen MR) is 70.9 cm³/mol. The summed E-state index contributed by atoms with van der Waals surface area (Å²) < 4.78 is 5.61. The number of hydrogen-bond donors (Lipinski definition) is 1. The molecule has 0 spiro atoms. The number of carbonyl (C=O) groups is 1. The van der Waals surface area contributed by atoms with Crippen LogP contribution in [-0.4, -0.2) is 12.5 Å². The number of benzene rings is 2. The van der Waals surface area contributed by atoms with Crippen molar-refractivity contribution in [3.63, 3.8) is 0 Å². The van der Waals surface area contributed by atoms with Crippen molar-refractivity contribution in [3.05, 3.63) is 60.2 Å². The van der Waals surface area contributed by atoms with Crippen molar-refractivity contribution in [2.24, 2.45) is 0 Å². The van der Waals surface area contributed by atoms with Crippen molar-refractivity contribution in [1.29, 1.82) is 5.26 Å². The highest BCUT2D eigenvalue weighted by Crippen LogP contribution is 2.20. The van der Waals surface area contributed by atoms with Crippen molar-refractivity contribution in [3.8, 4) is 17.6 Å². The molecule has 0 aliphatic heterocycles. The Morgan fingerprint density at radius 3 is 2.32 bits per heavy atom. The topological polar surface area (TPSA) is 62.1 Å². The standard InChI is InChI=1S/C15H12N2O2/c16-10-11-17-15(18)12-6-8-14(9-7-12)19-13-4-2-1-3-5-13/h1-9H,11H2,(H,17,18). The van der Waals surface area contributed by atoms with Crippen LogP contribution in [0.5, 0.6) is 11.5 Å². The smallest absolute Gasteiger partial charge is 0.252 e. The van der Waals surface area contributed by atoms with Gasteiger partial charge in [0.15, 0.2) is 0 Å². The maximum absolute atomic E-state index is 11.6. The molecule has 4 heteroatoms. The third-order valence-corrected chi connectivity index (χ3v) is 2.42. The fraction of sp³-hybridized carbons (Fsp3) is 0.0667. The normalized spacial score (nSPS) is 9.42. The average molecular weight is 252 g/mol. The monoisotopic (exact) mass is 252 g/mol. The van der Waals surface area contributed by atoms with E-state index in [1.54, 1.807) is 24.3 Å². The van der Waals surface area contributed by atoms with E-state index in [1.807, 2.05) is 36.4 Å². The van der Waals surface area contributed by atoms with E-state index in [1.165, 1.54) is 0 Å². The van der Waals surface area contributed by atoms with E-state index in [0.717, 1.165) is 5.75 Å². The van der Waals surface area contributed by atoms with Crippen molar-refractivity contribution in [1.82, 2.24) is 5.32 Å². The van der Waals surface area contributed by atoms with E-state index in [-0.39, 0.29) is 12.5 Å². The van der Waals surface area contributed by atoms with Crippen LogP contribution in [0.3, 0.4) is 0 Å². The number of nitriles is 1. The highest BCUT2D eigenvalue weighted by atomic mass is 16.5. The maximum atomic E-state index is 11.6. The Morgan fingerprint density at radius 1 is 1.05 bits per heavy atom. The van der Waals surface area contributed by atoms with Crippen LogP contribution in [0.4, 0.5) is 0 Å². The molecule has 2 rings (SSSR count). The molecule has 0 saturated carbocycles. The van der Waals surface area contributed by atoms with Crippen LogP contribution < -0.4 is 10.1 Å². The van der Waals surface area contributed by atoms with E-state index >= 15 is 0 Å². The molecule has 0 aromatic heterocycles. The SMILES string of the molecule is N#CCNC(=O)c1ccc(Oc2ccccc2)cc1. The molecule has 2 aromatic rings. The summed E-state index contributed by atoms with van der Waals surface area (Å²) in [5.74, 6) is 1.13. The predicted octanol–water partition coefficient (Wildman–Crippen LogP) is 2.73. The lowest BCUT2D eigenvalue weighted by molar-refractivity contribution is 0.0958. The second kappa shape index (κ2) is 6.22. The van der Waals surface area contributed by atoms with Gasteiger partial charge in [0.25, 0.3) is 5.91 Å². The van der Waals surface area contributed by atoms with Crippen LogP contribution >= 0.6 is 0 Å². The first-order valence-corrected chi connectivity index (χ1v) is 5.78. The number of hydrogen-bond acceptors (Lipinski definition) is 3. The van der Waals surface area contributed by atoms with Crippen molar-refractivity contribution in [2.75, 3.05) is 6.54 Å². The molecule has 4 nitrogen and oxygen atoms in total. The molecule has 19 heavy (non-hydrogen) atoms. The van der Waals surface area contributed by atoms with Crippen LogP contribution in [0.1, 0.15) is 10.4 Å². The highest BCUT2D eigenvalue weighted by Gasteiger charge is 2.04. The van der Waals surface area contributed by atoms with E-state index in [2.05, 4.69) is 5.32 Å². The Bertz CT molecular complexity index is 586. The average Bonchev–Trinajstić information content (AvgIpc) is 2.46. The molecule has 0 radical (unpaired) electrons. The third-order valence-electron chi connectivity index (χ3n) is 2.42. The number of rotatable bonds is 4. The lowest BCUT2D eigenvalue weighted by Crippen LogP contribution is -2.23. The van der Waals surface area contributed by atoms with Gasteiger partial charge >= 0.3 is 0 Å². The van der Waals surface area contributed by atoms with Gasteiger partial charge in [0.1, 0.15) is 18.0 Å². The molecular weight excluding hydrogens is 240 g/mol. The number of nitrogens with zero attached hydrogens (tertiary/aromatic N) is 1. The number of nitrogens with one attached hydrogen (secondary N) is 1. The van der Waals surface area contributed by atoms with Gasteiger partial charge in [0, 0.05) is 5.56 Å². The first-order chi connectivity index (χ1) is 9.29. The van der Waals surface area contributed by atoms with Gasteiger partial charge in [-0.1, -0.05) is 18.2 Å². The largest absolute Gasteiger partial charge is 0.457 e. The van der Waals surface area contributed by atoms with Crippen LogP contribution in [-0.2, 0) is 0 Å². The minimum Gasteiger partial charge on any atom is -0.457 e. The molecule has 0 heterocycles. The number of amides is 1. The maximum Gasteiger partial charge on any atom is 0.252 e. The lowest BCUT2D eigenvalue weighted by atomic mass is 10.2. The lowest BCUT2D eigenvalue weighted by Gasteiger charge is -2.06. The molecule has 2 aromatic carbocycles. The quantitative estimate of drug-likeness (QED) is 0.851. The molecular formula is C15H12N2O2. The Hall–Kier alpha value is -2.80. The molecule has 0 aliphatic carbocycles. The van der Waals surface area contributed by atoms with Gasteiger partial charge in [-0.25, -0.2) is 0 Å². The fourth-order valence-corrected chi connectivity index (χ4v) is 1.52. The van der Waals surface area contributed by atoms with Gasteiger partial charge in [-0.05, 0) is 36.4 Å². The molecule has 0 saturated heterocycles. The second-order valence-electron chi connectivity index (χ2n) is 3.78. The minimum absolute atomic E-state index is 0.00109. The van der Waals surface area contributed by atoms with E-state index in [0.29, 0.717) is 11.3 Å². The molecule has 0 fully saturated rings. The molecule has 1 N–H and O–H groups in total. The molecule has 0 bridgehead atoms. The number of para-hydroxylation sites is 1. The van der Waals surface area contributed by atoms with Crippen LogP contribution in [0, 0.1) is 11.3 Å². The van der Waals surface area contributed by atoms with Crippen molar-refractivity contribution in [2.45, 2.75) is 0 Å². The molecule has 0 unspecified atom stereocenters. The van der Waals surface area contributed by atoms with E-state index in [4.69, 9.17) is 10.00 Å². The first-order valence-electron chi connectivity index (χ1n) is 5.78. The number of ether oxygens (including phenoxy) is 1. The Labute approximate surface area is 111 Å². The highest BCUT2D eigenvalue weighted by molar-refractivity contribution is 5.94. The Balaban J connectivity index is 2.03. The summed E-state index contributed by atoms with van der Waals surface area (Å²) in [6, 6.07) is 18.0. The Kier molecular flexibility index (Phi) is 4.14. The van der Waals surface area contributed by atoms with Gasteiger partial charge in [-0.15, -0.1) is 0 Å². The van der Waals surface area contributed by atoms with Gasteiger partial charge < -0.3 is 10.1 Å². The zero-order chi connectivity index (χ0) is 13.5. The summed E-state index contributed by atoms with van der Waals surface area (Å²) in [7, 11) is 0. The van der Waals surface area contributed by atoms with E-state index in [9.17, 15) is 4.79 Å². The molecule has 94 valence electrons. The molecule has 0 atom stereocenters.